The molecule has 158 valence electrons. The lowest BCUT2D eigenvalue weighted by atomic mass is 9.82. The zero-order chi connectivity index (χ0) is 19.9. The molecule has 27 heavy (non-hydrogen) atoms. The molecule has 0 radical (unpaired) electrons. The molecule has 0 aromatic carbocycles. The first-order valence-corrected chi connectivity index (χ1v) is 11.4. The maximum Gasteiger partial charge on any atom is 0.306 e. The Morgan fingerprint density at radius 3 is 1.85 bits per heavy atom. The summed E-state index contributed by atoms with van der Waals surface area (Å²) in [5, 5.41) is 0. The molecular weight excluding hydrogens is 340 g/mol. The van der Waals surface area contributed by atoms with E-state index in [1.807, 2.05) is 0 Å². The molecule has 2 unspecified atom stereocenters. The Labute approximate surface area is 166 Å². The van der Waals surface area contributed by atoms with Crippen molar-refractivity contribution < 1.29 is 19.1 Å². The van der Waals surface area contributed by atoms with Crippen LogP contribution in [0.5, 0.6) is 0 Å². The van der Waals surface area contributed by atoms with Gasteiger partial charge in [-0.2, -0.15) is 0 Å². The van der Waals surface area contributed by atoms with Gasteiger partial charge in [-0.1, -0.05) is 72.1 Å². The van der Waals surface area contributed by atoms with Crippen molar-refractivity contribution >= 4 is 11.9 Å². The van der Waals surface area contributed by atoms with Gasteiger partial charge in [0.25, 0.3) is 0 Å². The summed E-state index contributed by atoms with van der Waals surface area (Å²) >= 11 is 0. The predicted octanol–water partition coefficient (Wildman–Crippen LogP) is 6.21. The lowest BCUT2D eigenvalue weighted by molar-refractivity contribution is -0.155. The molecule has 0 aromatic rings. The first-order valence-electron chi connectivity index (χ1n) is 11.4. The molecule has 0 spiro atoms. The van der Waals surface area contributed by atoms with E-state index in [1.54, 1.807) is 0 Å². The number of hydrogen-bond donors (Lipinski definition) is 0. The van der Waals surface area contributed by atoms with Gasteiger partial charge in [0.2, 0.25) is 0 Å². The second-order valence-corrected chi connectivity index (χ2v) is 8.58. The van der Waals surface area contributed by atoms with Crippen LogP contribution in [0.15, 0.2) is 0 Å². The summed E-state index contributed by atoms with van der Waals surface area (Å²) in [5.74, 6) is 0.666. The molecule has 1 aliphatic carbocycles. The van der Waals surface area contributed by atoms with Crippen LogP contribution in [0.4, 0.5) is 0 Å². The highest BCUT2D eigenvalue weighted by Gasteiger charge is 2.26. The monoisotopic (exact) mass is 382 g/mol. The number of hydrogen-bond acceptors (Lipinski definition) is 4. The molecule has 0 heterocycles. The highest BCUT2D eigenvalue weighted by molar-refractivity contribution is 5.77. The third-order valence-corrected chi connectivity index (χ3v) is 5.48. The van der Waals surface area contributed by atoms with Crippen LogP contribution in [0, 0.1) is 11.8 Å². The number of esters is 2. The average molecular weight is 383 g/mol. The zero-order valence-corrected chi connectivity index (χ0v) is 18.0. The van der Waals surface area contributed by atoms with Crippen LogP contribution in [0.3, 0.4) is 0 Å². The van der Waals surface area contributed by atoms with Crippen LogP contribution in [-0.2, 0) is 19.1 Å². The Kier molecular flexibility index (Phi) is 13.3. The van der Waals surface area contributed by atoms with E-state index in [4.69, 9.17) is 9.47 Å². The fraction of sp³-hybridized carbons (Fsp3) is 0.913. The SMILES string of the molecule is CCCCCCCCCCCOC(=O)CCC(=O)OC1CC(C)CC(C)C1. The summed E-state index contributed by atoms with van der Waals surface area (Å²) in [6, 6.07) is 0. The van der Waals surface area contributed by atoms with E-state index in [2.05, 4.69) is 20.8 Å². The van der Waals surface area contributed by atoms with E-state index >= 15 is 0 Å². The topological polar surface area (TPSA) is 52.6 Å². The van der Waals surface area contributed by atoms with Crippen molar-refractivity contribution in [2.45, 2.75) is 117 Å². The fourth-order valence-electron chi connectivity index (χ4n) is 4.09. The summed E-state index contributed by atoms with van der Waals surface area (Å²) in [6.07, 6.45) is 14.6. The van der Waals surface area contributed by atoms with Gasteiger partial charge in [-0.25, -0.2) is 0 Å². The second kappa shape index (κ2) is 14.9. The van der Waals surface area contributed by atoms with E-state index in [0.29, 0.717) is 18.4 Å². The lowest BCUT2D eigenvalue weighted by Gasteiger charge is -2.31. The third kappa shape index (κ3) is 12.9. The van der Waals surface area contributed by atoms with Crippen molar-refractivity contribution in [3.63, 3.8) is 0 Å². The molecule has 0 aromatic heterocycles. The molecule has 1 saturated carbocycles. The summed E-state index contributed by atoms with van der Waals surface area (Å²) in [5.41, 5.74) is 0. The standard InChI is InChI=1S/C23H42O4/c1-4-5-6-7-8-9-10-11-12-15-26-22(24)13-14-23(25)27-21-17-19(2)16-20(3)18-21/h19-21H,4-18H2,1-3H3. The van der Waals surface area contributed by atoms with E-state index in [9.17, 15) is 9.59 Å². The molecule has 0 aliphatic heterocycles. The van der Waals surface area contributed by atoms with Crippen LogP contribution >= 0.6 is 0 Å². The number of rotatable bonds is 14. The Bertz CT molecular complexity index is 397. The van der Waals surface area contributed by atoms with Crippen molar-refractivity contribution in [2.24, 2.45) is 11.8 Å². The van der Waals surface area contributed by atoms with E-state index < -0.39 is 0 Å². The molecule has 0 amide bonds. The smallest absolute Gasteiger partial charge is 0.306 e. The first kappa shape index (κ1) is 24.0. The van der Waals surface area contributed by atoms with Gasteiger partial charge in [0.15, 0.2) is 0 Å². The Hall–Kier alpha value is -1.06. The van der Waals surface area contributed by atoms with Crippen LogP contribution in [-0.4, -0.2) is 24.6 Å². The fourth-order valence-corrected chi connectivity index (χ4v) is 4.09. The number of carbonyl (C=O) groups is 2. The van der Waals surface area contributed by atoms with Gasteiger partial charge >= 0.3 is 11.9 Å². The average Bonchev–Trinajstić information content (AvgIpc) is 2.60. The van der Waals surface area contributed by atoms with Gasteiger partial charge in [-0.3, -0.25) is 9.59 Å². The van der Waals surface area contributed by atoms with Crippen LogP contribution in [0.1, 0.15) is 111 Å². The predicted molar refractivity (Wildman–Crippen MR) is 109 cm³/mol. The molecule has 2 atom stereocenters. The quantitative estimate of drug-likeness (QED) is 0.265. The molecule has 0 saturated heterocycles. The summed E-state index contributed by atoms with van der Waals surface area (Å²) in [6.45, 7) is 7.13. The molecule has 1 rings (SSSR count). The first-order chi connectivity index (χ1) is 13.0. The van der Waals surface area contributed by atoms with Gasteiger partial charge in [0.05, 0.1) is 19.4 Å². The maximum atomic E-state index is 11.9. The van der Waals surface area contributed by atoms with Crippen LogP contribution in [0.2, 0.25) is 0 Å². The minimum Gasteiger partial charge on any atom is -0.466 e. The molecule has 0 N–H and O–H groups in total. The Morgan fingerprint density at radius 2 is 1.26 bits per heavy atom. The molecule has 4 nitrogen and oxygen atoms in total. The minimum atomic E-state index is -0.281. The molecule has 0 bridgehead atoms. The molecular formula is C23H42O4. The van der Waals surface area contributed by atoms with Gasteiger partial charge in [0, 0.05) is 0 Å². The van der Waals surface area contributed by atoms with Crippen molar-refractivity contribution in [3.05, 3.63) is 0 Å². The van der Waals surface area contributed by atoms with Crippen molar-refractivity contribution in [3.8, 4) is 0 Å². The van der Waals surface area contributed by atoms with Gasteiger partial charge in [-0.15, -0.1) is 0 Å². The summed E-state index contributed by atoms with van der Waals surface area (Å²) in [7, 11) is 0. The molecule has 1 aliphatic rings. The summed E-state index contributed by atoms with van der Waals surface area (Å²) < 4.78 is 10.8. The number of carbonyl (C=O) groups excluding carboxylic acids is 2. The maximum absolute atomic E-state index is 11.9. The number of ether oxygens (including phenoxy) is 2. The second-order valence-electron chi connectivity index (χ2n) is 8.58. The number of unbranched alkanes of at least 4 members (excludes halogenated alkanes) is 8. The Morgan fingerprint density at radius 1 is 0.741 bits per heavy atom. The Balaban J connectivity index is 1.95. The van der Waals surface area contributed by atoms with Crippen molar-refractivity contribution in [1.29, 1.82) is 0 Å². The lowest BCUT2D eigenvalue weighted by Crippen LogP contribution is -2.28. The summed E-state index contributed by atoms with van der Waals surface area (Å²) in [4.78, 5) is 23.7. The molecule has 4 heteroatoms. The highest BCUT2D eigenvalue weighted by atomic mass is 16.5. The molecule has 1 fully saturated rings. The normalized spacial score (nSPS) is 22.4. The zero-order valence-electron chi connectivity index (χ0n) is 18.0. The van der Waals surface area contributed by atoms with Gasteiger partial charge in [-0.05, 0) is 37.5 Å². The van der Waals surface area contributed by atoms with Crippen LogP contribution in [0.25, 0.3) is 0 Å². The van der Waals surface area contributed by atoms with Crippen molar-refractivity contribution in [1.82, 2.24) is 0 Å². The largest absolute Gasteiger partial charge is 0.466 e. The van der Waals surface area contributed by atoms with E-state index in [1.165, 1.54) is 51.4 Å². The van der Waals surface area contributed by atoms with E-state index in [0.717, 1.165) is 25.7 Å². The third-order valence-electron chi connectivity index (χ3n) is 5.48. The van der Waals surface area contributed by atoms with Gasteiger partial charge in [0.1, 0.15) is 6.10 Å². The van der Waals surface area contributed by atoms with Crippen LogP contribution < -0.4 is 0 Å². The minimum absolute atomic E-state index is 0.0224. The van der Waals surface area contributed by atoms with Gasteiger partial charge < -0.3 is 9.47 Å². The van der Waals surface area contributed by atoms with E-state index in [-0.39, 0.29) is 30.9 Å². The van der Waals surface area contributed by atoms with Crippen molar-refractivity contribution in [2.75, 3.05) is 6.61 Å². The highest BCUT2D eigenvalue weighted by Crippen LogP contribution is 2.30.